The molecule has 5 rings (SSSR count). The third kappa shape index (κ3) is 4.47. The van der Waals surface area contributed by atoms with E-state index in [1.165, 1.54) is 5.56 Å². The Labute approximate surface area is 210 Å². The van der Waals surface area contributed by atoms with E-state index in [2.05, 4.69) is 22.1 Å². The molecule has 0 radical (unpaired) electrons. The molecule has 0 bridgehead atoms. The average Bonchev–Trinajstić information content (AvgIpc) is 3.18. The number of aromatic nitrogens is 3. The van der Waals surface area contributed by atoms with E-state index >= 15 is 0 Å². The molecule has 0 atom stereocenters. The second-order valence-electron chi connectivity index (χ2n) is 8.23. The van der Waals surface area contributed by atoms with Crippen molar-refractivity contribution in [3.8, 4) is 22.8 Å². The van der Waals surface area contributed by atoms with Gasteiger partial charge in [-0.25, -0.2) is 4.98 Å². The summed E-state index contributed by atoms with van der Waals surface area (Å²) < 4.78 is 12.9. The SMILES string of the molecule is COc1cc2c(cc1OC)CN(C(=O)/C=C/c1c(-c3ccccc3)n(C)c3nccnc13)CC2.Cl. The minimum Gasteiger partial charge on any atom is -0.493 e. The molecule has 35 heavy (non-hydrogen) atoms. The van der Waals surface area contributed by atoms with Crippen LogP contribution in [-0.2, 0) is 24.8 Å². The van der Waals surface area contributed by atoms with Crippen molar-refractivity contribution < 1.29 is 14.3 Å². The molecule has 0 N–H and O–H groups in total. The zero-order valence-corrected chi connectivity index (χ0v) is 20.7. The molecule has 1 amide bonds. The molecule has 0 fully saturated rings. The van der Waals surface area contributed by atoms with E-state index in [1.807, 2.05) is 52.9 Å². The molecule has 8 heteroatoms. The summed E-state index contributed by atoms with van der Waals surface area (Å²) in [7, 11) is 5.23. The van der Waals surface area contributed by atoms with Gasteiger partial charge in [0, 0.05) is 44.2 Å². The lowest BCUT2D eigenvalue weighted by Crippen LogP contribution is -2.34. The number of benzene rings is 2. The number of carbonyl (C=O) groups is 1. The standard InChI is InChI=1S/C27H26N4O3.ClH/c1-30-26(18-7-5-4-6-8-18)21(25-27(30)29-13-12-28-25)9-10-24(32)31-14-11-19-15-22(33-2)23(34-3)16-20(19)17-31;/h4-10,12-13,15-16H,11,14,17H2,1-3H3;1H/b10-9+;. The molecule has 180 valence electrons. The Morgan fingerprint density at radius 3 is 2.40 bits per heavy atom. The lowest BCUT2D eigenvalue weighted by molar-refractivity contribution is -0.126. The van der Waals surface area contributed by atoms with Crippen LogP contribution in [0.5, 0.6) is 11.5 Å². The fraction of sp³-hybridized carbons (Fsp3) is 0.222. The van der Waals surface area contributed by atoms with E-state index in [9.17, 15) is 4.79 Å². The summed E-state index contributed by atoms with van der Waals surface area (Å²) in [4.78, 5) is 24.1. The van der Waals surface area contributed by atoms with Gasteiger partial charge in [0.2, 0.25) is 5.91 Å². The molecule has 7 nitrogen and oxygen atoms in total. The zero-order chi connectivity index (χ0) is 23.7. The van der Waals surface area contributed by atoms with Crippen LogP contribution in [0.1, 0.15) is 16.7 Å². The minimum absolute atomic E-state index is 0. The summed E-state index contributed by atoms with van der Waals surface area (Å²) in [6, 6.07) is 14.1. The number of carbonyl (C=O) groups excluding carboxylic acids is 1. The van der Waals surface area contributed by atoms with Crippen molar-refractivity contribution >= 4 is 35.6 Å². The van der Waals surface area contributed by atoms with Crippen molar-refractivity contribution in [1.82, 2.24) is 19.4 Å². The van der Waals surface area contributed by atoms with E-state index in [0.29, 0.717) is 24.6 Å². The number of halogens is 1. The normalized spacial score (nSPS) is 12.9. The molecule has 0 unspecified atom stereocenters. The molecule has 3 heterocycles. The molecule has 0 aliphatic carbocycles. The van der Waals surface area contributed by atoms with Crippen molar-refractivity contribution in [1.29, 1.82) is 0 Å². The van der Waals surface area contributed by atoms with Crippen LogP contribution >= 0.6 is 12.4 Å². The molecular weight excluding hydrogens is 464 g/mol. The van der Waals surface area contributed by atoms with Crippen molar-refractivity contribution in [2.75, 3.05) is 20.8 Å². The van der Waals surface area contributed by atoms with Gasteiger partial charge in [-0.2, -0.15) is 0 Å². The van der Waals surface area contributed by atoms with Crippen LogP contribution in [0.4, 0.5) is 0 Å². The second-order valence-corrected chi connectivity index (χ2v) is 8.23. The minimum atomic E-state index is -0.0414. The van der Waals surface area contributed by atoms with Crippen molar-refractivity contribution in [3.05, 3.63) is 77.6 Å². The van der Waals surface area contributed by atoms with Crippen molar-refractivity contribution in [3.63, 3.8) is 0 Å². The van der Waals surface area contributed by atoms with Gasteiger partial charge in [0.15, 0.2) is 17.1 Å². The summed E-state index contributed by atoms with van der Waals surface area (Å²) in [5.74, 6) is 1.35. The van der Waals surface area contributed by atoms with E-state index in [1.54, 1.807) is 32.7 Å². The first-order valence-electron chi connectivity index (χ1n) is 11.2. The Balaban J connectivity index is 0.00000289. The molecule has 0 saturated carbocycles. The van der Waals surface area contributed by atoms with E-state index < -0.39 is 0 Å². The third-order valence-corrected chi connectivity index (χ3v) is 6.31. The maximum Gasteiger partial charge on any atom is 0.246 e. The van der Waals surface area contributed by atoms with Gasteiger partial charge in [-0.1, -0.05) is 30.3 Å². The highest BCUT2D eigenvalue weighted by molar-refractivity contribution is 5.99. The first-order valence-corrected chi connectivity index (χ1v) is 11.2. The monoisotopic (exact) mass is 490 g/mol. The first kappa shape index (κ1) is 24.3. The van der Waals surface area contributed by atoms with Crippen molar-refractivity contribution in [2.24, 2.45) is 7.05 Å². The molecule has 4 aromatic rings. The molecule has 0 spiro atoms. The smallest absolute Gasteiger partial charge is 0.246 e. The van der Waals surface area contributed by atoms with Crippen LogP contribution < -0.4 is 9.47 Å². The van der Waals surface area contributed by atoms with Gasteiger partial charge in [-0.3, -0.25) is 9.78 Å². The average molecular weight is 491 g/mol. The van der Waals surface area contributed by atoms with Crippen molar-refractivity contribution in [2.45, 2.75) is 13.0 Å². The summed E-state index contributed by atoms with van der Waals surface area (Å²) in [5, 5.41) is 0. The summed E-state index contributed by atoms with van der Waals surface area (Å²) in [5.41, 5.74) is 6.72. The van der Waals surface area contributed by atoms with Crippen LogP contribution in [0.3, 0.4) is 0 Å². The number of rotatable bonds is 5. The van der Waals surface area contributed by atoms with E-state index in [0.717, 1.165) is 40.0 Å². The number of hydrogen-bond acceptors (Lipinski definition) is 5. The summed E-state index contributed by atoms with van der Waals surface area (Å²) in [6.07, 6.45) is 7.64. The number of hydrogen-bond donors (Lipinski definition) is 0. The van der Waals surface area contributed by atoms with Crippen LogP contribution in [0.25, 0.3) is 28.5 Å². The molecule has 2 aromatic carbocycles. The number of methoxy groups -OCH3 is 2. The first-order chi connectivity index (χ1) is 16.6. The molecule has 0 saturated heterocycles. The van der Waals surface area contributed by atoms with E-state index in [-0.39, 0.29) is 18.3 Å². The van der Waals surface area contributed by atoms with Gasteiger partial charge in [-0.15, -0.1) is 12.4 Å². The number of amides is 1. The quantitative estimate of drug-likeness (QED) is 0.380. The lowest BCUT2D eigenvalue weighted by atomic mass is 9.98. The third-order valence-electron chi connectivity index (χ3n) is 6.31. The van der Waals surface area contributed by atoms with Crippen LogP contribution in [0.2, 0.25) is 0 Å². The Hall–Kier alpha value is -3.84. The van der Waals surface area contributed by atoms with Gasteiger partial charge in [0.25, 0.3) is 0 Å². The fourth-order valence-corrected chi connectivity index (χ4v) is 4.60. The van der Waals surface area contributed by atoms with Gasteiger partial charge in [0.1, 0.15) is 5.52 Å². The molecule has 1 aliphatic rings. The zero-order valence-electron chi connectivity index (χ0n) is 19.9. The Kier molecular flexibility index (Phi) is 7.07. The second kappa shape index (κ2) is 10.2. The number of ether oxygens (including phenoxy) is 2. The highest BCUT2D eigenvalue weighted by atomic mass is 35.5. The van der Waals surface area contributed by atoms with E-state index in [4.69, 9.17) is 9.47 Å². The largest absolute Gasteiger partial charge is 0.493 e. The molecule has 2 aromatic heterocycles. The topological polar surface area (TPSA) is 69.5 Å². The highest BCUT2D eigenvalue weighted by Crippen LogP contribution is 2.34. The lowest BCUT2D eigenvalue weighted by Gasteiger charge is -2.28. The number of fused-ring (bicyclic) bond motifs is 2. The van der Waals surface area contributed by atoms with Crippen LogP contribution in [0, 0.1) is 0 Å². The van der Waals surface area contributed by atoms with Gasteiger partial charge < -0.3 is 18.9 Å². The summed E-state index contributed by atoms with van der Waals surface area (Å²) >= 11 is 0. The van der Waals surface area contributed by atoms with Gasteiger partial charge in [0.05, 0.1) is 19.9 Å². The van der Waals surface area contributed by atoms with Gasteiger partial charge in [-0.05, 0) is 41.3 Å². The predicted molar refractivity (Wildman–Crippen MR) is 139 cm³/mol. The number of aryl methyl sites for hydroxylation is 1. The maximum absolute atomic E-state index is 13.2. The molecular formula is C27H27ClN4O3. The highest BCUT2D eigenvalue weighted by Gasteiger charge is 2.22. The Bertz CT molecular complexity index is 1400. The Morgan fingerprint density at radius 2 is 1.69 bits per heavy atom. The maximum atomic E-state index is 13.2. The summed E-state index contributed by atoms with van der Waals surface area (Å²) in [6.45, 7) is 1.17. The van der Waals surface area contributed by atoms with Gasteiger partial charge >= 0.3 is 0 Å². The fourth-order valence-electron chi connectivity index (χ4n) is 4.60. The predicted octanol–water partition coefficient (Wildman–Crippen LogP) is 4.67. The Morgan fingerprint density at radius 1 is 1.00 bits per heavy atom. The number of nitrogens with zero attached hydrogens (tertiary/aromatic N) is 4. The molecule has 1 aliphatic heterocycles. The van der Waals surface area contributed by atoms with Crippen LogP contribution in [-0.4, -0.2) is 46.1 Å². The van der Waals surface area contributed by atoms with Crippen LogP contribution in [0.15, 0.2) is 60.9 Å².